The van der Waals surface area contributed by atoms with Crippen LogP contribution in [0.2, 0.25) is 0 Å². The summed E-state index contributed by atoms with van der Waals surface area (Å²) in [6.45, 7) is 0. The molecular weight excluding hydrogens is 206 g/mol. The van der Waals surface area contributed by atoms with Gasteiger partial charge < -0.3 is 10.1 Å². The van der Waals surface area contributed by atoms with Crippen molar-refractivity contribution in [3.05, 3.63) is 12.3 Å². The first kappa shape index (κ1) is 11.0. The molecular formula is C8H13NO4S. The number of nitrogens with one attached hydrogen (secondary N) is 1. The molecule has 0 aliphatic carbocycles. The molecule has 0 bridgehead atoms. The van der Waals surface area contributed by atoms with Crippen LogP contribution in [0.3, 0.4) is 0 Å². The average molecular weight is 219 g/mol. The van der Waals surface area contributed by atoms with Gasteiger partial charge in [-0.25, -0.2) is 13.2 Å². The van der Waals surface area contributed by atoms with Gasteiger partial charge in [0.25, 0.3) is 0 Å². The van der Waals surface area contributed by atoms with Crippen LogP contribution >= 0.6 is 0 Å². The Balaban J connectivity index is 2.34. The van der Waals surface area contributed by atoms with E-state index in [1.54, 1.807) is 0 Å². The Labute approximate surface area is 83.0 Å². The number of rotatable bonds is 3. The number of hydrogen-bond donors (Lipinski definition) is 1. The monoisotopic (exact) mass is 219 g/mol. The van der Waals surface area contributed by atoms with Gasteiger partial charge in [0, 0.05) is 18.3 Å². The highest BCUT2D eigenvalue weighted by molar-refractivity contribution is 7.91. The zero-order valence-corrected chi connectivity index (χ0v) is 8.71. The van der Waals surface area contributed by atoms with Crippen LogP contribution < -0.4 is 5.32 Å². The van der Waals surface area contributed by atoms with Crippen LogP contribution in [0.5, 0.6) is 0 Å². The summed E-state index contributed by atoms with van der Waals surface area (Å²) < 4.78 is 26.4. The molecule has 1 aliphatic rings. The second-order valence-electron chi connectivity index (χ2n) is 3.12. The maximum absolute atomic E-state index is 11.0. The SMILES string of the molecule is COC(=O)/C=C/NC1CCS(=O)(=O)C1. The van der Waals surface area contributed by atoms with E-state index in [1.807, 2.05) is 0 Å². The first-order chi connectivity index (χ1) is 6.53. The van der Waals surface area contributed by atoms with Crippen molar-refractivity contribution in [3.8, 4) is 0 Å². The van der Waals surface area contributed by atoms with Crippen LogP contribution in [0, 0.1) is 0 Å². The molecule has 1 fully saturated rings. The number of carbonyl (C=O) groups excluding carboxylic acids is 1. The molecule has 0 aromatic carbocycles. The van der Waals surface area contributed by atoms with Gasteiger partial charge in [-0.2, -0.15) is 0 Å². The van der Waals surface area contributed by atoms with Crippen LogP contribution in [-0.4, -0.2) is 39.0 Å². The van der Waals surface area contributed by atoms with Crippen LogP contribution in [0.15, 0.2) is 12.3 Å². The largest absolute Gasteiger partial charge is 0.466 e. The molecule has 14 heavy (non-hydrogen) atoms. The van der Waals surface area contributed by atoms with Gasteiger partial charge in [-0.15, -0.1) is 0 Å². The number of sulfone groups is 1. The molecule has 0 aromatic heterocycles. The highest BCUT2D eigenvalue weighted by Gasteiger charge is 2.26. The molecule has 1 rings (SSSR count). The van der Waals surface area contributed by atoms with E-state index >= 15 is 0 Å². The quantitative estimate of drug-likeness (QED) is 0.509. The highest BCUT2D eigenvalue weighted by atomic mass is 32.2. The minimum atomic E-state index is -2.86. The minimum Gasteiger partial charge on any atom is -0.466 e. The van der Waals surface area contributed by atoms with Crippen molar-refractivity contribution >= 4 is 15.8 Å². The number of hydrogen-bond acceptors (Lipinski definition) is 5. The lowest BCUT2D eigenvalue weighted by Crippen LogP contribution is -2.25. The maximum atomic E-state index is 11.0. The summed E-state index contributed by atoms with van der Waals surface area (Å²) >= 11 is 0. The summed E-state index contributed by atoms with van der Waals surface area (Å²) in [6.07, 6.45) is 3.25. The van der Waals surface area contributed by atoms with Gasteiger partial charge in [-0.1, -0.05) is 0 Å². The van der Waals surface area contributed by atoms with E-state index < -0.39 is 15.8 Å². The van der Waals surface area contributed by atoms with Crippen LogP contribution in [-0.2, 0) is 19.4 Å². The Bertz CT molecular complexity index is 333. The summed E-state index contributed by atoms with van der Waals surface area (Å²) in [7, 11) is -1.58. The topological polar surface area (TPSA) is 72.5 Å². The smallest absolute Gasteiger partial charge is 0.331 e. The van der Waals surface area contributed by atoms with Crippen molar-refractivity contribution in [3.63, 3.8) is 0 Å². The van der Waals surface area contributed by atoms with Gasteiger partial charge >= 0.3 is 5.97 Å². The normalized spacial score (nSPS) is 25.1. The molecule has 0 saturated carbocycles. The van der Waals surface area contributed by atoms with E-state index in [-0.39, 0.29) is 17.5 Å². The Morgan fingerprint density at radius 2 is 2.29 bits per heavy atom. The second kappa shape index (κ2) is 4.45. The summed E-state index contributed by atoms with van der Waals surface area (Å²) in [5, 5.41) is 2.84. The van der Waals surface area contributed by atoms with Gasteiger partial charge in [0.2, 0.25) is 0 Å². The Morgan fingerprint density at radius 1 is 1.57 bits per heavy atom. The van der Waals surface area contributed by atoms with Crippen molar-refractivity contribution in [2.24, 2.45) is 0 Å². The molecule has 1 unspecified atom stereocenters. The third kappa shape index (κ3) is 3.37. The van der Waals surface area contributed by atoms with Gasteiger partial charge in [-0.05, 0) is 6.42 Å². The Morgan fingerprint density at radius 3 is 2.79 bits per heavy atom. The molecule has 5 nitrogen and oxygen atoms in total. The van der Waals surface area contributed by atoms with E-state index in [4.69, 9.17) is 0 Å². The first-order valence-corrected chi connectivity index (χ1v) is 6.06. The van der Waals surface area contributed by atoms with Gasteiger partial charge in [-0.3, -0.25) is 0 Å². The fourth-order valence-corrected chi connectivity index (χ4v) is 2.93. The molecule has 1 heterocycles. The fourth-order valence-electron chi connectivity index (χ4n) is 1.25. The molecule has 6 heteroatoms. The summed E-state index contributed by atoms with van der Waals surface area (Å²) in [4.78, 5) is 10.6. The zero-order chi connectivity index (χ0) is 10.6. The molecule has 1 N–H and O–H groups in total. The summed E-state index contributed by atoms with van der Waals surface area (Å²) in [5.41, 5.74) is 0. The molecule has 0 spiro atoms. The molecule has 1 aliphatic heterocycles. The van der Waals surface area contributed by atoms with Crippen molar-refractivity contribution in [2.45, 2.75) is 12.5 Å². The fraction of sp³-hybridized carbons (Fsp3) is 0.625. The Hall–Kier alpha value is -1.04. The molecule has 0 radical (unpaired) electrons. The maximum Gasteiger partial charge on any atom is 0.331 e. The van der Waals surface area contributed by atoms with Crippen LogP contribution in [0.25, 0.3) is 0 Å². The lowest BCUT2D eigenvalue weighted by molar-refractivity contribution is -0.134. The molecule has 0 aromatic rings. The van der Waals surface area contributed by atoms with E-state index in [9.17, 15) is 13.2 Å². The third-order valence-corrected chi connectivity index (χ3v) is 3.75. The van der Waals surface area contributed by atoms with Crippen molar-refractivity contribution < 1.29 is 17.9 Å². The van der Waals surface area contributed by atoms with E-state index in [0.717, 1.165) is 0 Å². The predicted octanol–water partition coefficient (Wildman–Crippen LogP) is -0.550. The third-order valence-electron chi connectivity index (χ3n) is 1.98. The number of esters is 1. The number of ether oxygens (including phenoxy) is 1. The molecule has 0 amide bonds. The van der Waals surface area contributed by atoms with Crippen molar-refractivity contribution in [1.82, 2.24) is 5.32 Å². The zero-order valence-electron chi connectivity index (χ0n) is 7.89. The minimum absolute atomic E-state index is 0.0825. The van der Waals surface area contributed by atoms with Crippen molar-refractivity contribution in [2.75, 3.05) is 18.6 Å². The number of methoxy groups -OCH3 is 1. The van der Waals surface area contributed by atoms with Crippen LogP contribution in [0.4, 0.5) is 0 Å². The standard InChI is InChI=1S/C8H13NO4S/c1-13-8(10)2-4-9-7-3-5-14(11,12)6-7/h2,4,7,9H,3,5-6H2,1H3/b4-2+. The summed E-state index contributed by atoms with van der Waals surface area (Å²) in [6, 6.07) is -0.0825. The Kier molecular flexibility index (Phi) is 3.51. The van der Waals surface area contributed by atoms with E-state index in [1.165, 1.54) is 19.4 Å². The molecule has 1 atom stereocenters. The van der Waals surface area contributed by atoms with E-state index in [2.05, 4.69) is 10.1 Å². The van der Waals surface area contributed by atoms with Crippen molar-refractivity contribution in [1.29, 1.82) is 0 Å². The van der Waals surface area contributed by atoms with Gasteiger partial charge in [0.05, 0.1) is 18.6 Å². The predicted molar refractivity (Wildman–Crippen MR) is 51.4 cm³/mol. The molecule has 80 valence electrons. The lowest BCUT2D eigenvalue weighted by atomic mass is 10.3. The lowest BCUT2D eigenvalue weighted by Gasteiger charge is -2.05. The van der Waals surface area contributed by atoms with Gasteiger partial charge in [0.1, 0.15) is 0 Å². The van der Waals surface area contributed by atoms with Crippen LogP contribution in [0.1, 0.15) is 6.42 Å². The van der Waals surface area contributed by atoms with E-state index in [0.29, 0.717) is 6.42 Å². The molecule has 1 saturated heterocycles. The first-order valence-electron chi connectivity index (χ1n) is 4.24. The number of carbonyl (C=O) groups is 1. The average Bonchev–Trinajstić information content (AvgIpc) is 2.45. The van der Waals surface area contributed by atoms with Gasteiger partial charge in [0.15, 0.2) is 9.84 Å². The highest BCUT2D eigenvalue weighted by Crippen LogP contribution is 2.10. The summed E-state index contributed by atoms with van der Waals surface area (Å²) in [5.74, 6) is -0.103. The second-order valence-corrected chi connectivity index (χ2v) is 5.35.